The van der Waals surface area contributed by atoms with Crippen LogP contribution in [-0.4, -0.2) is 21.9 Å². The van der Waals surface area contributed by atoms with Crippen molar-refractivity contribution >= 4 is 17.1 Å². The third-order valence-electron chi connectivity index (χ3n) is 2.15. The molecule has 0 aliphatic heterocycles. The van der Waals surface area contributed by atoms with Crippen LogP contribution >= 0.6 is 0 Å². The Morgan fingerprint density at radius 1 is 1.28 bits per heavy atom. The number of carbonyl (C=O) groups is 1. The summed E-state index contributed by atoms with van der Waals surface area (Å²) in [7, 11) is 0. The molecular weight excluding hydrogens is 248 g/mol. The van der Waals surface area contributed by atoms with Crippen LogP contribution in [0.4, 0.5) is 0 Å². The molecule has 1 rings (SSSR count). The maximum Gasteiger partial charge on any atom is 0.356 e. The fourth-order valence-electron chi connectivity index (χ4n) is 1.42. The zero-order valence-corrected chi connectivity index (χ0v) is 12.2. The van der Waals surface area contributed by atoms with E-state index in [2.05, 4.69) is 0 Å². The van der Waals surface area contributed by atoms with Crippen LogP contribution in [0.3, 0.4) is 0 Å². The van der Waals surface area contributed by atoms with Crippen molar-refractivity contribution in [2.75, 3.05) is 5.75 Å². The number of hydrogen-bond acceptors (Lipinski definition) is 3. The minimum atomic E-state index is -1.22. The van der Waals surface area contributed by atoms with E-state index in [9.17, 15) is 9.35 Å². The summed E-state index contributed by atoms with van der Waals surface area (Å²) in [5.41, 5.74) is 1.62. The molecule has 0 heterocycles. The highest BCUT2D eigenvalue weighted by atomic mass is 32.2. The average molecular weight is 268 g/mol. The van der Waals surface area contributed by atoms with E-state index >= 15 is 0 Å². The molecule has 0 spiro atoms. The monoisotopic (exact) mass is 268 g/mol. The molecule has 1 aromatic rings. The van der Waals surface area contributed by atoms with Crippen LogP contribution in [-0.2, 0) is 26.5 Å². The summed E-state index contributed by atoms with van der Waals surface area (Å²) in [5.74, 6) is -0.0713. The van der Waals surface area contributed by atoms with Crippen molar-refractivity contribution in [2.24, 2.45) is 0 Å². The fourth-order valence-corrected chi connectivity index (χ4v) is 2.41. The van der Waals surface area contributed by atoms with Gasteiger partial charge in [-0.2, -0.15) is 0 Å². The predicted molar refractivity (Wildman–Crippen MR) is 73.7 cm³/mol. The highest BCUT2D eigenvalue weighted by molar-refractivity contribution is 7.91. The van der Waals surface area contributed by atoms with Gasteiger partial charge < -0.3 is 9.29 Å². The number of rotatable bonds is 4. The van der Waals surface area contributed by atoms with E-state index in [0.29, 0.717) is 5.75 Å². The predicted octanol–water partition coefficient (Wildman–Crippen LogP) is 2.59. The smallest absolute Gasteiger partial charge is 0.356 e. The SMILES string of the molecule is Cc1ccc(C[S+]([O-])CC(=O)OC(C)(C)C)cc1. The fraction of sp³-hybridized carbons (Fsp3) is 0.500. The molecule has 0 aliphatic rings. The molecule has 1 aromatic carbocycles. The van der Waals surface area contributed by atoms with Crippen LogP contribution in [0.15, 0.2) is 24.3 Å². The van der Waals surface area contributed by atoms with E-state index in [4.69, 9.17) is 4.74 Å². The number of hydrogen-bond donors (Lipinski definition) is 0. The zero-order valence-electron chi connectivity index (χ0n) is 11.4. The molecule has 1 unspecified atom stereocenters. The van der Waals surface area contributed by atoms with Crippen LogP contribution in [0, 0.1) is 6.92 Å². The van der Waals surface area contributed by atoms with Gasteiger partial charge in [0.05, 0.1) is 0 Å². The van der Waals surface area contributed by atoms with Crippen LogP contribution in [0.25, 0.3) is 0 Å². The van der Waals surface area contributed by atoms with Crippen molar-refractivity contribution in [3.63, 3.8) is 0 Å². The second kappa shape index (κ2) is 6.25. The molecule has 0 saturated heterocycles. The minimum Gasteiger partial charge on any atom is -0.616 e. The lowest BCUT2D eigenvalue weighted by atomic mass is 10.2. The van der Waals surface area contributed by atoms with Gasteiger partial charge in [-0.25, -0.2) is 4.79 Å². The van der Waals surface area contributed by atoms with Crippen LogP contribution in [0.5, 0.6) is 0 Å². The quantitative estimate of drug-likeness (QED) is 0.623. The first-order chi connectivity index (χ1) is 8.26. The summed E-state index contributed by atoms with van der Waals surface area (Å²) in [6.07, 6.45) is 0. The second-order valence-corrected chi connectivity index (χ2v) is 6.76. The Labute approximate surface area is 112 Å². The third-order valence-corrected chi connectivity index (χ3v) is 3.36. The molecule has 18 heavy (non-hydrogen) atoms. The molecule has 0 aromatic heterocycles. The maximum absolute atomic E-state index is 11.8. The highest BCUT2D eigenvalue weighted by Gasteiger charge is 2.21. The van der Waals surface area contributed by atoms with Gasteiger partial charge >= 0.3 is 5.97 Å². The summed E-state index contributed by atoms with van der Waals surface area (Å²) in [6, 6.07) is 7.81. The lowest BCUT2D eigenvalue weighted by Gasteiger charge is -2.20. The van der Waals surface area contributed by atoms with Gasteiger partial charge in [0, 0.05) is 5.56 Å². The Kier molecular flexibility index (Phi) is 5.23. The minimum absolute atomic E-state index is 0.0504. The Hall–Kier alpha value is -1.00. The Morgan fingerprint density at radius 3 is 2.33 bits per heavy atom. The summed E-state index contributed by atoms with van der Waals surface area (Å²) in [6.45, 7) is 7.40. The first-order valence-electron chi connectivity index (χ1n) is 5.88. The van der Waals surface area contributed by atoms with E-state index in [0.717, 1.165) is 11.1 Å². The zero-order chi connectivity index (χ0) is 13.8. The van der Waals surface area contributed by atoms with E-state index in [1.54, 1.807) is 20.8 Å². The van der Waals surface area contributed by atoms with Gasteiger partial charge in [-0.15, -0.1) is 0 Å². The summed E-state index contributed by atoms with van der Waals surface area (Å²) in [4.78, 5) is 11.5. The molecule has 3 nitrogen and oxygen atoms in total. The van der Waals surface area contributed by atoms with E-state index < -0.39 is 22.7 Å². The number of carbonyl (C=O) groups excluding carboxylic acids is 1. The molecule has 0 aliphatic carbocycles. The first-order valence-corrected chi connectivity index (χ1v) is 7.37. The second-order valence-electron chi connectivity index (χ2n) is 5.30. The average Bonchev–Trinajstić information content (AvgIpc) is 2.18. The molecule has 0 amide bonds. The van der Waals surface area contributed by atoms with Crippen LogP contribution < -0.4 is 0 Å². The number of esters is 1. The molecule has 0 radical (unpaired) electrons. The Balaban J connectivity index is 2.44. The van der Waals surface area contributed by atoms with E-state index in [1.165, 1.54) is 0 Å². The van der Waals surface area contributed by atoms with Crippen molar-refractivity contribution in [3.8, 4) is 0 Å². The van der Waals surface area contributed by atoms with Crippen molar-refractivity contribution in [1.82, 2.24) is 0 Å². The summed E-state index contributed by atoms with van der Waals surface area (Å²) >= 11 is -1.22. The van der Waals surface area contributed by atoms with Crippen molar-refractivity contribution in [3.05, 3.63) is 35.4 Å². The van der Waals surface area contributed by atoms with Gasteiger partial charge in [0.15, 0.2) is 0 Å². The van der Waals surface area contributed by atoms with Crippen molar-refractivity contribution < 1.29 is 14.1 Å². The third kappa shape index (κ3) is 6.07. The van der Waals surface area contributed by atoms with Crippen LogP contribution in [0.1, 0.15) is 31.9 Å². The van der Waals surface area contributed by atoms with Crippen LogP contribution in [0.2, 0.25) is 0 Å². The van der Waals surface area contributed by atoms with Gasteiger partial charge in [-0.05, 0) is 38.9 Å². The van der Waals surface area contributed by atoms with Gasteiger partial charge in [-0.1, -0.05) is 29.8 Å². The Morgan fingerprint density at radius 2 is 1.83 bits per heavy atom. The molecule has 1 atom stereocenters. The highest BCUT2D eigenvalue weighted by Crippen LogP contribution is 2.11. The van der Waals surface area contributed by atoms with Gasteiger partial charge in [-0.3, -0.25) is 0 Å². The maximum atomic E-state index is 11.8. The number of aryl methyl sites for hydroxylation is 1. The van der Waals surface area contributed by atoms with Crippen molar-refractivity contribution in [2.45, 2.75) is 39.0 Å². The number of benzene rings is 1. The standard InChI is InChI=1S/C14H20O3S/c1-11-5-7-12(8-6-11)9-18(16)10-13(15)17-14(2,3)4/h5-8H,9-10H2,1-4H3. The van der Waals surface area contributed by atoms with Crippen molar-refractivity contribution in [1.29, 1.82) is 0 Å². The van der Waals surface area contributed by atoms with Gasteiger partial charge in [0.25, 0.3) is 0 Å². The molecule has 0 N–H and O–H groups in total. The molecule has 0 bridgehead atoms. The normalized spacial score (nSPS) is 13.2. The van der Waals surface area contributed by atoms with E-state index in [-0.39, 0.29) is 5.75 Å². The summed E-state index contributed by atoms with van der Waals surface area (Å²) < 4.78 is 16.9. The molecule has 0 saturated carbocycles. The van der Waals surface area contributed by atoms with E-state index in [1.807, 2.05) is 31.2 Å². The first kappa shape index (κ1) is 15.1. The number of ether oxygens (including phenoxy) is 1. The topological polar surface area (TPSA) is 49.4 Å². The molecule has 100 valence electrons. The molecule has 0 fully saturated rings. The lowest BCUT2D eigenvalue weighted by Crippen LogP contribution is -2.29. The summed E-state index contributed by atoms with van der Waals surface area (Å²) in [5, 5.41) is 0. The molecular formula is C14H20O3S. The van der Waals surface area contributed by atoms with Gasteiger partial charge in [0.1, 0.15) is 11.4 Å². The Bertz CT molecular complexity index is 392. The van der Waals surface area contributed by atoms with Gasteiger partial charge in [0.2, 0.25) is 5.75 Å². The lowest BCUT2D eigenvalue weighted by molar-refractivity contribution is -0.151. The largest absolute Gasteiger partial charge is 0.616 e. The molecule has 4 heteroatoms.